The van der Waals surface area contributed by atoms with Gasteiger partial charge in [0.05, 0.1) is 0 Å². The third kappa shape index (κ3) is 1.95. The Hall–Kier alpha value is -1.59. The van der Waals surface area contributed by atoms with Crippen molar-refractivity contribution in [2.45, 2.75) is 64.1 Å². The van der Waals surface area contributed by atoms with Gasteiger partial charge in [0.25, 0.3) is 5.91 Å². The van der Waals surface area contributed by atoms with Crippen LogP contribution in [0.5, 0.6) is 0 Å². The summed E-state index contributed by atoms with van der Waals surface area (Å²) in [4.78, 5) is 40.7. The summed E-state index contributed by atoms with van der Waals surface area (Å²) in [6.45, 7) is 7.79. The number of rotatable bonds is 0. The van der Waals surface area contributed by atoms with Gasteiger partial charge in [0.2, 0.25) is 5.91 Å². The average Bonchev–Trinajstić information content (AvgIpc) is 2.82. The molecule has 0 N–H and O–H groups in total. The van der Waals surface area contributed by atoms with Crippen molar-refractivity contribution in [1.29, 1.82) is 0 Å². The van der Waals surface area contributed by atoms with Crippen LogP contribution in [0.2, 0.25) is 0 Å². The average molecular weight is 294 g/mol. The summed E-state index contributed by atoms with van der Waals surface area (Å²) >= 11 is 0. The lowest BCUT2D eigenvalue weighted by atomic mass is 10.0. The fourth-order valence-electron chi connectivity index (χ4n) is 3.53. The molecule has 3 atom stereocenters. The summed E-state index contributed by atoms with van der Waals surface area (Å²) in [6.07, 6.45) is 1.31. The van der Waals surface area contributed by atoms with E-state index in [1.54, 1.807) is 25.7 Å². The number of imide groups is 1. The van der Waals surface area contributed by atoms with Crippen molar-refractivity contribution in [2.75, 3.05) is 6.54 Å². The molecule has 3 rings (SSSR count). The topological polar surface area (TPSA) is 66.9 Å². The Bertz CT molecular complexity index is 524. The maximum atomic E-state index is 12.8. The summed E-state index contributed by atoms with van der Waals surface area (Å²) in [5.74, 6) is -0.350. The molecule has 6 heteroatoms. The quantitative estimate of drug-likeness (QED) is 0.679. The number of carbonyl (C=O) groups is 3. The minimum absolute atomic E-state index is 0.00279. The van der Waals surface area contributed by atoms with Crippen molar-refractivity contribution in [3.05, 3.63) is 0 Å². The molecule has 0 aromatic carbocycles. The van der Waals surface area contributed by atoms with Crippen LogP contribution >= 0.6 is 0 Å². The summed E-state index contributed by atoms with van der Waals surface area (Å²) < 4.78 is 5.36. The normalized spacial score (nSPS) is 35.2. The highest BCUT2D eigenvalue weighted by atomic mass is 16.6. The molecule has 1 spiro atoms. The number of nitrogens with zero attached hydrogens (tertiary/aromatic N) is 2. The van der Waals surface area contributed by atoms with Gasteiger partial charge in [-0.05, 0) is 46.0 Å². The molecule has 2 saturated heterocycles. The number of ether oxygens (including phenoxy) is 1. The van der Waals surface area contributed by atoms with E-state index in [0.29, 0.717) is 19.4 Å². The van der Waals surface area contributed by atoms with E-state index in [1.165, 1.54) is 0 Å². The highest BCUT2D eigenvalue weighted by Gasteiger charge is 2.71. The second-order valence-electron chi connectivity index (χ2n) is 7.34. The molecule has 2 heterocycles. The van der Waals surface area contributed by atoms with Crippen molar-refractivity contribution in [1.82, 2.24) is 9.80 Å². The van der Waals surface area contributed by atoms with E-state index < -0.39 is 23.3 Å². The third-order valence-corrected chi connectivity index (χ3v) is 4.64. The highest BCUT2D eigenvalue weighted by Crippen LogP contribution is 2.53. The zero-order valence-electron chi connectivity index (χ0n) is 13.0. The van der Waals surface area contributed by atoms with Crippen molar-refractivity contribution in [3.8, 4) is 0 Å². The Morgan fingerprint density at radius 1 is 1.33 bits per heavy atom. The van der Waals surface area contributed by atoms with Crippen molar-refractivity contribution < 1.29 is 19.1 Å². The van der Waals surface area contributed by atoms with Crippen molar-refractivity contribution in [2.24, 2.45) is 5.92 Å². The van der Waals surface area contributed by atoms with Gasteiger partial charge < -0.3 is 9.64 Å². The second kappa shape index (κ2) is 4.21. The van der Waals surface area contributed by atoms with E-state index in [0.717, 1.165) is 11.3 Å². The van der Waals surface area contributed by atoms with Crippen LogP contribution in [0.4, 0.5) is 4.79 Å². The Kier molecular flexibility index (Phi) is 2.88. The Labute approximate surface area is 124 Å². The third-order valence-electron chi connectivity index (χ3n) is 4.64. The largest absolute Gasteiger partial charge is 0.443 e. The van der Waals surface area contributed by atoms with Gasteiger partial charge in [-0.15, -0.1) is 0 Å². The van der Waals surface area contributed by atoms with Gasteiger partial charge in [0.15, 0.2) is 0 Å². The maximum Gasteiger partial charge on any atom is 0.418 e. The molecule has 1 aliphatic carbocycles. The molecule has 0 aromatic heterocycles. The van der Waals surface area contributed by atoms with Crippen LogP contribution in [0.15, 0.2) is 0 Å². The van der Waals surface area contributed by atoms with E-state index in [2.05, 4.69) is 0 Å². The number of hydrogen-bond donors (Lipinski definition) is 0. The zero-order chi connectivity index (χ0) is 15.6. The molecule has 1 saturated carbocycles. The Morgan fingerprint density at radius 3 is 2.48 bits per heavy atom. The van der Waals surface area contributed by atoms with E-state index in [9.17, 15) is 14.4 Å². The predicted molar refractivity (Wildman–Crippen MR) is 74.3 cm³/mol. The van der Waals surface area contributed by atoms with E-state index in [4.69, 9.17) is 4.74 Å². The van der Waals surface area contributed by atoms with Crippen LogP contribution < -0.4 is 0 Å². The standard InChI is InChI=1S/C15H22N2O4/c1-9-8-15(9)12(19)16-7-5-6-10(16)11(18)17(15)13(20)21-14(2,3)4/h9-10H,5-8H2,1-4H3/t9-,10-,15+/m0/s1. The number of hydrogen-bond acceptors (Lipinski definition) is 4. The maximum absolute atomic E-state index is 12.8. The molecule has 3 fully saturated rings. The lowest BCUT2D eigenvalue weighted by molar-refractivity contribution is -0.160. The summed E-state index contributed by atoms with van der Waals surface area (Å²) in [5, 5.41) is 0. The number of carbonyl (C=O) groups excluding carboxylic acids is 3. The molecule has 21 heavy (non-hydrogen) atoms. The minimum Gasteiger partial charge on any atom is -0.443 e. The first-order valence-corrected chi connectivity index (χ1v) is 7.56. The molecule has 3 amide bonds. The molecule has 0 aromatic rings. The van der Waals surface area contributed by atoms with Gasteiger partial charge in [0, 0.05) is 6.54 Å². The predicted octanol–water partition coefficient (Wildman–Crippen LogP) is 1.53. The van der Waals surface area contributed by atoms with Gasteiger partial charge in [0.1, 0.15) is 17.2 Å². The van der Waals surface area contributed by atoms with E-state index >= 15 is 0 Å². The lowest BCUT2D eigenvalue weighted by Gasteiger charge is -2.42. The lowest BCUT2D eigenvalue weighted by Crippen LogP contribution is -2.67. The van der Waals surface area contributed by atoms with Gasteiger partial charge in [-0.3, -0.25) is 9.59 Å². The second-order valence-corrected chi connectivity index (χ2v) is 7.34. The Morgan fingerprint density at radius 2 is 1.95 bits per heavy atom. The smallest absolute Gasteiger partial charge is 0.418 e. The number of amides is 3. The van der Waals surface area contributed by atoms with Crippen LogP contribution in [-0.2, 0) is 14.3 Å². The first-order chi connectivity index (χ1) is 9.68. The molecule has 0 radical (unpaired) electrons. The van der Waals surface area contributed by atoms with Crippen LogP contribution in [0, 0.1) is 5.92 Å². The van der Waals surface area contributed by atoms with Crippen molar-refractivity contribution in [3.63, 3.8) is 0 Å². The minimum atomic E-state index is -0.986. The van der Waals surface area contributed by atoms with Crippen LogP contribution in [0.1, 0.15) is 47.0 Å². The summed E-state index contributed by atoms with van der Waals surface area (Å²) in [7, 11) is 0. The fourth-order valence-corrected chi connectivity index (χ4v) is 3.53. The summed E-state index contributed by atoms with van der Waals surface area (Å²) in [5.41, 5.74) is -1.67. The molecule has 2 aliphatic heterocycles. The molecular formula is C15H22N2O4. The molecule has 6 nitrogen and oxygen atoms in total. The molecular weight excluding hydrogens is 272 g/mol. The monoisotopic (exact) mass is 294 g/mol. The molecule has 116 valence electrons. The number of fused-ring (bicyclic) bond motifs is 1. The van der Waals surface area contributed by atoms with E-state index in [-0.39, 0.29) is 17.7 Å². The van der Waals surface area contributed by atoms with Crippen LogP contribution in [0.3, 0.4) is 0 Å². The zero-order valence-corrected chi connectivity index (χ0v) is 13.0. The number of piperazine rings is 1. The first-order valence-electron chi connectivity index (χ1n) is 7.56. The van der Waals surface area contributed by atoms with Gasteiger partial charge >= 0.3 is 6.09 Å². The Balaban J connectivity index is 1.95. The van der Waals surface area contributed by atoms with Crippen LogP contribution in [-0.4, -0.2) is 51.4 Å². The summed E-state index contributed by atoms with van der Waals surface area (Å²) in [6, 6.07) is -0.483. The van der Waals surface area contributed by atoms with E-state index in [1.807, 2.05) is 6.92 Å². The SMILES string of the molecule is C[C@H]1C[C@]12C(=O)N1CCC[C@H]1C(=O)N2C(=O)OC(C)(C)C. The van der Waals surface area contributed by atoms with Gasteiger partial charge in [-0.1, -0.05) is 6.92 Å². The van der Waals surface area contributed by atoms with Crippen molar-refractivity contribution >= 4 is 17.9 Å². The fraction of sp³-hybridized carbons (Fsp3) is 0.800. The molecule has 3 aliphatic rings. The van der Waals surface area contributed by atoms with Gasteiger partial charge in [-0.2, -0.15) is 0 Å². The molecule has 0 bridgehead atoms. The first kappa shape index (κ1) is 14.4. The highest BCUT2D eigenvalue weighted by molar-refractivity contribution is 6.09. The van der Waals surface area contributed by atoms with Crippen LogP contribution in [0.25, 0.3) is 0 Å². The van der Waals surface area contributed by atoms with Gasteiger partial charge in [-0.25, -0.2) is 9.69 Å². The molecule has 0 unspecified atom stereocenters.